The minimum absolute atomic E-state index is 0.805. The van der Waals surface area contributed by atoms with Crippen molar-refractivity contribution < 1.29 is 4.74 Å². The van der Waals surface area contributed by atoms with Gasteiger partial charge in [0.25, 0.3) is 0 Å². The molecule has 0 unspecified atom stereocenters. The number of thiazole rings is 1. The van der Waals surface area contributed by atoms with E-state index in [0.717, 1.165) is 25.1 Å². The molecule has 0 saturated heterocycles. The van der Waals surface area contributed by atoms with Crippen LogP contribution in [-0.4, -0.2) is 18.7 Å². The molecule has 0 amide bonds. The molecule has 0 N–H and O–H groups in total. The summed E-state index contributed by atoms with van der Waals surface area (Å²) in [7, 11) is 1.74. The molecule has 1 aromatic carbocycles. The molecule has 0 aliphatic heterocycles. The van der Waals surface area contributed by atoms with Crippen molar-refractivity contribution >= 4 is 11.3 Å². The van der Waals surface area contributed by atoms with Gasteiger partial charge in [-0.1, -0.05) is 30.3 Å². The van der Waals surface area contributed by atoms with Crippen LogP contribution < -0.4 is 0 Å². The molecule has 2 rings (SSSR count). The second-order valence-electron chi connectivity index (χ2n) is 3.97. The van der Waals surface area contributed by atoms with Gasteiger partial charge in [-0.15, -0.1) is 11.3 Å². The van der Waals surface area contributed by atoms with Crippen LogP contribution in [-0.2, 0) is 11.2 Å². The molecular formula is C14H17NOS. The number of hydrogen-bond acceptors (Lipinski definition) is 3. The molecule has 2 nitrogen and oxygen atoms in total. The van der Waals surface area contributed by atoms with E-state index in [4.69, 9.17) is 9.72 Å². The normalized spacial score (nSPS) is 10.7. The quantitative estimate of drug-likeness (QED) is 0.752. The molecule has 0 spiro atoms. The first-order chi connectivity index (χ1) is 8.31. The Kier molecular flexibility index (Phi) is 4.29. The highest BCUT2D eigenvalue weighted by Gasteiger charge is 2.08. The Morgan fingerprint density at radius 2 is 2.00 bits per heavy atom. The topological polar surface area (TPSA) is 22.1 Å². The number of aryl methyl sites for hydroxylation is 2. The minimum atomic E-state index is 0.805. The Hall–Kier alpha value is -1.19. The average Bonchev–Trinajstić information content (AvgIpc) is 2.72. The molecule has 0 atom stereocenters. The summed E-state index contributed by atoms with van der Waals surface area (Å²) < 4.78 is 5.06. The van der Waals surface area contributed by atoms with Crippen molar-refractivity contribution in [2.24, 2.45) is 0 Å². The van der Waals surface area contributed by atoms with Gasteiger partial charge in [0.2, 0.25) is 0 Å². The summed E-state index contributed by atoms with van der Waals surface area (Å²) in [5.74, 6) is 0. The monoisotopic (exact) mass is 247 g/mol. The maximum absolute atomic E-state index is 5.06. The van der Waals surface area contributed by atoms with Gasteiger partial charge >= 0.3 is 0 Å². The molecule has 1 heterocycles. The number of hydrogen-bond donors (Lipinski definition) is 0. The summed E-state index contributed by atoms with van der Waals surface area (Å²) in [6.07, 6.45) is 2.05. The zero-order valence-corrected chi connectivity index (χ0v) is 11.1. The van der Waals surface area contributed by atoms with Crippen molar-refractivity contribution in [1.82, 2.24) is 4.98 Å². The summed E-state index contributed by atoms with van der Waals surface area (Å²) in [6.45, 7) is 2.94. The SMILES string of the molecule is COCCCc1nc(-c2ccccc2)c(C)s1. The maximum Gasteiger partial charge on any atom is 0.0936 e. The highest BCUT2D eigenvalue weighted by molar-refractivity contribution is 7.12. The van der Waals surface area contributed by atoms with Crippen LogP contribution in [0.2, 0.25) is 0 Å². The lowest BCUT2D eigenvalue weighted by Gasteiger charge is -1.97. The van der Waals surface area contributed by atoms with Gasteiger partial charge in [0.05, 0.1) is 10.7 Å². The van der Waals surface area contributed by atoms with Gasteiger partial charge in [-0.2, -0.15) is 0 Å². The highest BCUT2D eigenvalue weighted by Crippen LogP contribution is 2.27. The Bertz CT molecular complexity index is 464. The lowest BCUT2D eigenvalue weighted by molar-refractivity contribution is 0.195. The largest absolute Gasteiger partial charge is 0.385 e. The van der Waals surface area contributed by atoms with Crippen molar-refractivity contribution in [2.75, 3.05) is 13.7 Å². The van der Waals surface area contributed by atoms with Crippen molar-refractivity contribution in [1.29, 1.82) is 0 Å². The second-order valence-corrected chi connectivity index (χ2v) is 5.26. The van der Waals surface area contributed by atoms with Crippen LogP contribution in [0.25, 0.3) is 11.3 Å². The van der Waals surface area contributed by atoms with Crippen LogP contribution in [0.3, 0.4) is 0 Å². The summed E-state index contributed by atoms with van der Waals surface area (Å²) in [5, 5.41) is 1.21. The Balaban J connectivity index is 2.14. The maximum atomic E-state index is 5.06. The fourth-order valence-electron chi connectivity index (χ4n) is 1.79. The van der Waals surface area contributed by atoms with E-state index < -0.39 is 0 Å². The Morgan fingerprint density at radius 3 is 2.71 bits per heavy atom. The molecule has 3 heteroatoms. The molecule has 90 valence electrons. The van der Waals surface area contributed by atoms with Crippen LogP contribution in [0.4, 0.5) is 0 Å². The minimum Gasteiger partial charge on any atom is -0.385 e. The first kappa shape index (κ1) is 12.3. The van der Waals surface area contributed by atoms with Crippen LogP contribution >= 0.6 is 11.3 Å². The zero-order chi connectivity index (χ0) is 12.1. The van der Waals surface area contributed by atoms with Crippen molar-refractivity contribution in [3.63, 3.8) is 0 Å². The molecule has 17 heavy (non-hydrogen) atoms. The number of methoxy groups -OCH3 is 1. The third-order valence-electron chi connectivity index (χ3n) is 2.63. The van der Waals surface area contributed by atoms with E-state index in [1.807, 2.05) is 6.07 Å². The predicted molar refractivity (Wildman–Crippen MR) is 72.5 cm³/mol. The fraction of sp³-hybridized carbons (Fsp3) is 0.357. The Labute approximate surface area is 106 Å². The summed E-state index contributed by atoms with van der Waals surface area (Å²) >= 11 is 1.79. The zero-order valence-electron chi connectivity index (χ0n) is 10.3. The van der Waals surface area contributed by atoms with E-state index in [2.05, 4.69) is 31.2 Å². The number of ether oxygens (including phenoxy) is 1. The fourth-order valence-corrected chi connectivity index (χ4v) is 2.79. The lowest BCUT2D eigenvalue weighted by atomic mass is 10.1. The number of aromatic nitrogens is 1. The molecule has 0 bridgehead atoms. The molecule has 1 aromatic heterocycles. The summed E-state index contributed by atoms with van der Waals surface area (Å²) in [4.78, 5) is 6.01. The van der Waals surface area contributed by atoms with Gasteiger partial charge in [-0.25, -0.2) is 4.98 Å². The predicted octanol–water partition coefficient (Wildman–Crippen LogP) is 3.70. The second kappa shape index (κ2) is 5.94. The summed E-state index contributed by atoms with van der Waals surface area (Å²) in [6, 6.07) is 10.4. The molecule has 0 aliphatic carbocycles. The molecule has 0 aliphatic rings. The third-order valence-corrected chi connectivity index (χ3v) is 3.66. The van der Waals surface area contributed by atoms with Gasteiger partial charge in [-0.3, -0.25) is 0 Å². The van der Waals surface area contributed by atoms with Crippen LogP contribution in [0.5, 0.6) is 0 Å². The number of nitrogens with zero attached hydrogens (tertiary/aromatic N) is 1. The van der Waals surface area contributed by atoms with Crippen molar-refractivity contribution in [3.8, 4) is 11.3 Å². The number of benzene rings is 1. The van der Waals surface area contributed by atoms with E-state index in [9.17, 15) is 0 Å². The van der Waals surface area contributed by atoms with Crippen LogP contribution in [0.1, 0.15) is 16.3 Å². The standard InChI is InChI=1S/C14H17NOS/c1-11-14(12-7-4-3-5-8-12)15-13(17-11)9-6-10-16-2/h3-5,7-8H,6,9-10H2,1-2H3. The first-order valence-electron chi connectivity index (χ1n) is 5.82. The van der Waals surface area contributed by atoms with Gasteiger partial charge in [0.15, 0.2) is 0 Å². The van der Waals surface area contributed by atoms with Gasteiger partial charge in [0, 0.05) is 30.6 Å². The molecule has 0 saturated carbocycles. The number of rotatable bonds is 5. The molecule has 0 radical (unpaired) electrons. The molecule has 0 fully saturated rings. The average molecular weight is 247 g/mol. The van der Waals surface area contributed by atoms with E-state index in [0.29, 0.717) is 0 Å². The Morgan fingerprint density at radius 1 is 1.24 bits per heavy atom. The highest BCUT2D eigenvalue weighted by atomic mass is 32.1. The van der Waals surface area contributed by atoms with Crippen LogP contribution in [0.15, 0.2) is 30.3 Å². The van der Waals surface area contributed by atoms with Crippen molar-refractivity contribution in [2.45, 2.75) is 19.8 Å². The van der Waals surface area contributed by atoms with Crippen LogP contribution in [0, 0.1) is 6.92 Å². The van der Waals surface area contributed by atoms with E-state index in [-0.39, 0.29) is 0 Å². The smallest absolute Gasteiger partial charge is 0.0936 e. The van der Waals surface area contributed by atoms with E-state index in [1.165, 1.54) is 15.4 Å². The van der Waals surface area contributed by atoms with Gasteiger partial charge in [-0.05, 0) is 13.3 Å². The molecular weight excluding hydrogens is 230 g/mol. The van der Waals surface area contributed by atoms with Gasteiger partial charge in [0.1, 0.15) is 0 Å². The lowest BCUT2D eigenvalue weighted by Crippen LogP contribution is -1.91. The van der Waals surface area contributed by atoms with E-state index in [1.54, 1.807) is 18.4 Å². The van der Waals surface area contributed by atoms with Gasteiger partial charge < -0.3 is 4.74 Å². The summed E-state index contributed by atoms with van der Waals surface area (Å²) in [5.41, 5.74) is 2.34. The van der Waals surface area contributed by atoms with E-state index >= 15 is 0 Å². The van der Waals surface area contributed by atoms with Crippen molar-refractivity contribution in [3.05, 3.63) is 40.2 Å². The molecule has 2 aromatic rings. The first-order valence-corrected chi connectivity index (χ1v) is 6.63. The third kappa shape index (κ3) is 3.14.